The average molecular weight is 290 g/mol. The number of anilines is 1. The van der Waals surface area contributed by atoms with Crippen LogP contribution in [0.15, 0.2) is 24.3 Å². The van der Waals surface area contributed by atoms with E-state index < -0.39 is 0 Å². The minimum Gasteiger partial charge on any atom is -0.368 e. The summed E-state index contributed by atoms with van der Waals surface area (Å²) in [5, 5.41) is 5.67. The van der Waals surface area contributed by atoms with Crippen LogP contribution in [0.1, 0.15) is 43.0 Å². The van der Waals surface area contributed by atoms with E-state index in [2.05, 4.69) is 17.6 Å². The molecule has 1 aromatic carbocycles. The Kier molecular flexibility index (Phi) is 5.75. The lowest BCUT2D eigenvalue weighted by atomic mass is 10.1. The summed E-state index contributed by atoms with van der Waals surface area (Å²) in [5.74, 6) is -0.201. The standard InChI is InChI=1S/C16H22N2O3/c1-2-3-10-17-15(19)12-6-8-13(9-7-12)18-16(20)14-5-4-11-21-14/h6-9,14H,2-5,10-11H2,1H3,(H,17,19)(H,18,20)/t14-/m1/s1. The van der Waals surface area contributed by atoms with Crippen molar-refractivity contribution in [2.45, 2.75) is 38.7 Å². The third kappa shape index (κ3) is 4.56. The molecule has 0 aliphatic carbocycles. The first-order valence-corrected chi connectivity index (χ1v) is 7.51. The van der Waals surface area contributed by atoms with Crippen LogP contribution in [0.25, 0.3) is 0 Å². The van der Waals surface area contributed by atoms with Gasteiger partial charge in [0.1, 0.15) is 6.10 Å². The number of nitrogens with one attached hydrogen (secondary N) is 2. The summed E-state index contributed by atoms with van der Waals surface area (Å²) in [6.07, 6.45) is 3.37. The summed E-state index contributed by atoms with van der Waals surface area (Å²) < 4.78 is 5.33. The third-order valence-electron chi connectivity index (χ3n) is 3.45. The van der Waals surface area contributed by atoms with Crippen molar-refractivity contribution < 1.29 is 14.3 Å². The highest BCUT2D eigenvalue weighted by molar-refractivity contribution is 5.96. The van der Waals surface area contributed by atoms with E-state index in [0.717, 1.165) is 25.7 Å². The lowest BCUT2D eigenvalue weighted by molar-refractivity contribution is -0.124. The molecule has 114 valence electrons. The number of unbranched alkanes of at least 4 members (excludes halogenated alkanes) is 1. The summed E-state index contributed by atoms with van der Waals surface area (Å²) in [6.45, 7) is 3.42. The maximum absolute atomic E-state index is 11.9. The van der Waals surface area contributed by atoms with Crippen molar-refractivity contribution in [2.24, 2.45) is 0 Å². The number of carbonyl (C=O) groups excluding carboxylic acids is 2. The van der Waals surface area contributed by atoms with Gasteiger partial charge in [0, 0.05) is 24.4 Å². The van der Waals surface area contributed by atoms with Crippen molar-refractivity contribution in [1.29, 1.82) is 0 Å². The molecule has 1 aliphatic heterocycles. The van der Waals surface area contributed by atoms with Crippen LogP contribution in [0.5, 0.6) is 0 Å². The molecule has 0 bridgehead atoms. The molecular formula is C16H22N2O3. The van der Waals surface area contributed by atoms with Crippen LogP contribution >= 0.6 is 0 Å². The summed E-state index contributed by atoms with van der Waals surface area (Å²) >= 11 is 0. The molecule has 1 saturated heterocycles. The number of hydrogen-bond acceptors (Lipinski definition) is 3. The van der Waals surface area contributed by atoms with Gasteiger partial charge in [0.15, 0.2) is 0 Å². The molecule has 5 heteroatoms. The molecule has 1 heterocycles. The van der Waals surface area contributed by atoms with Crippen molar-refractivity contribution in [3.63, 3.8) is 0 Å². The Morgan fingerprint density at radius 3 is 2.67 bits per heavy atom. The quantitative estimate of drug-likeness (QED) is 0.790. The maximum Gasteiger partial charge on any atom is 0.253 e. The molecule has 0 radical (unpaired) electrons. The molecular weight excluding hydrogens is 268 g/mol. The van der Waals surface area contributed by atoms with E-state index in [1.807, 2.05) is 0 Å². The predicted molar refractivity (Wildman–Crippen MR) is 81.3 cm³/mol. The van der Waals surface area contributed by atoms with Crippen LogP contribution in [-0.2, 0) is 9.53 Å². The molecule has 1 aromatic rings. The van der Waals surface area contributed by atoms with Gasteiger partial charge in [-0.05, 0) is 43.5 Å². The molecule has 1 aliphatic rings. The van der Waals surface area contributed by atoms with Gasteiger partial charge < -0.3 is 15.4 Å². The molecule has 0 spiro atoms. The summed E-state index contributed by atoms with van der Waals surface area (Å²) in [5.41, 5.74) is 1.28. The van der Waals surface area contributed by atoms with E-state index in [1.54, 1.807) is 24.3 Å². The second kappa shape index (κ2) is 7.78. The van der Waals surface area contributed by atoms with Gasteiger partial charge in [0.2, 0.25) is 0 Å². The first-order valence-electron chi connectivity index (χ1n) is 7.51. The Labute approximate surface area is 125 Å². The number of hydrogen-bond donors (Lipinski definition) is 2. The van der Waals surface area contributed by atoms with E-state index in [4.69, 9.17) is 4.74 Å². The van der Waals surface area contributed by atoms with Crippen LogP contribution in [0.2, 0.25) is 0 Å². The molecule has 0 saturated carbocycles. The van der Waals surface area contributed by atoms with Crippen molar-refractivity contribution in [2.75, 3.05) is 18.5 Å². The van der Waals surface area contributed by atoms with E-state index in [0.29, 0.717) is 24.4 Å². The highest BCUT2D eigenvalue weighted by Gasteiger charge is 2.23. The van der Waals surface area contributed by atoms with Crippen LogP contribution in [-0.4, -0.2) is 31.1 Å². The first kappa shape index (κ1) is 15.5. The fraction of sp³-hybridized carbons (Fsp3) is 0.500. The SMILES string of the molecule is CCCCNC(=O)c1ccc(NC(=O)[C@H]2CCCO2)cc1. The largest absolute Gasteiger partial charge is 0.368 e. The third-order valence-corrected chi connectivity index (χ3v) is 3.45. The fourth-order valence-corrected chi connectivity index (χ4v) is 2.19. The summed E-state index contributed by atoms with van der Waals surface area (Å²) in [6, 6.07) is 6.90. The Morgan fingerprint density at radius 2 is 2.05 bits per heavy atom. The molecule has 2 N–H and O–H groups in total. The highest BCUT2D eigenvalue weighted by atomic mass is 16.5. The summed E-state index contributed by atoms with van der Waals surface area (Å²) in [7, 11) is 0. The molecule has 1 fully saturated rings. The second-order valence-corrected chi connectivity index (χ2v) is 5.18. The molecule has 21 heavy (non-hydrogen) atoms. The zero-order chi connectivity index (χ0) is 15.1. The Hall–Kier alpha value is -1.88. The van der Waals surface area contributed by atoms with Gasteiger partial charge >= 0.3 is 0 Å². The highest BCUT2D eigenvalue weighted by Crippen LogP contribution is 2.15. The zero-order valence-corrected chi connectivity index (χ0v) is 12.4. The van der Waals surface area contributed by atoms with Crippen molar-refractivity contribution in [1.82, 2.24) is 5.32 Å². The maximum atomic E-state index is 11.9. The van der Waals surface area contributed by atoms with E-state index in [9.17, 15) is 9.59 Å². The number of benzene rings is 1. The van der Waals surface area contributed by atoms with Gasteiger partial charge in [-0.3, -0.25) is 9.59 Å². The second-order valence-electron chi connectivity index (χ2n) is 5.18. The summed E-state index contributed by atoms with van der Waals surface area (Å²) in [4.78, 5) is 23.7. The van der Waals surface area contributed by atoms with Gasteiger partial charge in [-0.25, -0.2) is 0 Å². The van der Waals surface area contributed by atoms with Gasteiger partial charge in [0.25, 0.3) is 11.8 Å². The van der Waals surface area contributed by atoms with Crippen molar-refractivity contribution in [3.05, 3.63) is 29.8 Å². The average Bonchev–Trinajstić information content (AvgIpc) is 3.02. The molecule has 1 atom stereocenters. The van der Waals surface area contributed by atoms with E-state index >= 15 is 0 Å². The zero-order valence-electron chi connectivity index (χ0n) is 12.4. The minimum atomic E-state index is -0.345. The fourth-order valence-electron chi connectivity index (χ4n) is 2.19. The normalized spacial score (nSPS) is 17.5. The minimum absolute atomic E-state index is 0.0829. The number of amides is 2. The molecule has 5 nitrogen and oxygen atoms in total. The Morgan fingerprint density at radius 1 is 1.29 bits per heavy atom. The predicted octanol–water partition coefficient (Wildman–Crippen LogP) is 2.33. The van der Waals surface area contributed by atoms with Crippen LogP contribution < -0.4 is 10.6 Å². The lowest BCUT2D eigenvalue weighted by Crippen LogP contribution is -2.27. The van der Waals surface area contributed by atoms with Gasteiger partial charge in [0.05, 0.1) is 0 Å². The number of carbonyl (C=O) groups is 2. The molecule has 2 amide bonds. The van der Waals surface area contributed by atoms with Crippen LogP contribution in [0, 0.1) is 0 Å². The number of rotatable bonds is 6. The van der Waals surface area contributed by atoms with Gasteiger partial charge in [-0.1, -0.05) is 13.3 Å². The van der Waals surface area contributed by atoms with Crippen LogP contribution in [0.3, 0.4) is 0 Å². The Balaban J connectivity index is 1.86. The monoisotopic (exact) mass is 290 g/mol. The smallest absolute Gasteiger partial charge is 0.253 e. The molecule has 2 rings (SSSR count). The van der Waals surface area contributed by atoms with Crippen molar-refractivity contribution >= 4 is 17.5 Å². The lowest BCUT2D eigenvalue weighted by Gasteiger charge is -2.11. The molecule has 0 unspecified atom stereocenters. The topological polar surface area (TPSA) is 67.4 Å². The van der Waals surface area contributed by atoms with Crippen molar-refractivity contribution in [3.8, 4) is 0 Å². The van der Waals surface area contributed by atoms with Crippen LogP contribution in [0.4, 0.5) is 5.69 Å². The Bertz CT molecular complexity index is 479. The first-order chi connectivity index (χ1) is 10.2. The molecule has 0 aromatic heterocycles. The van der Waals surface area contributed by atoms with Gasteiger partial charge in [-0.2, -0.15) is 0 Å². The van der Waals surface area contributed by atoms with E-state index in [-0.39, 0.29) is 17.9 Å². The van der Waals surface area contributed by atoms with E-state index in [1.165, 1.54) is 0 Å². The van der Waals surface area contributed by atoms with Gasteiger partial charge in [-0.15, -0.1) is 0 Å². The number of ether oxygens (including phenoxy) is 1.